The van der Waals surface area contributed by atoms with E-state index in [4.69, 9.17) is 10.7 Å². The van der Waals surface area contributed by atoms with Gasteiger partial charge in [-0.15, -0.1) is 9.38 Å². The Bertz CT molecular complexity index is 1340. The third kappa shape index (κ3) is 3.46. The van der Waals surface area contributed by atoms with Crippen LogP contribution in [0, 0.1) is 13.8 Å². The van der Waals surface area contributed by atoms with Crippen molar-refractivity contribution < 1.29 is 4.40 Å². The first-order valence-corrected chi connectivity index (χ1v) is 11.0. The lowest BCUT2D eigenvalue weighted by Crippen LogP contribution is -2.46. The van der Waals surface area contributed by atoms with Crippen molar-refractivity contribution in [1.82, 2.24) is 24.6 Å². The second kappa shape index (κ2) is 7.87. The van der Waals surface area contributed by atoms with E-state index < -0.39 is 0 Å². The summed E-state index contributed by atoms with van der Waals surface area (Å²) in [7, 11) is 2.11. The molecule has 0 saturated carbocycles. The summed E-state index contributed by atoms with van der Waals surface area (Å²) in [6, 6.07) is 14.3. The van der Waals surface area contributed by atoms with Gasteiger partial charge in [-0.1, -0.05) is 30.3 Å². The summed E-state index contributed by atoms with van der Waals surface area (Å²) in [5.41, 5.74) is 12.1. The van der Waals surface area contributed by atoms with Crippen molar-refractivity contribution in [3.8, 4) is 22.4 Å². The number of pyridine rings is 1. The number of likely N-dealkylation sites (tertiary alicyclic amines) is 1. The molecule has 8 nitrogen and oxygen atoms in total. The molecule has 0 unspecified atom stereocenters. The Labute approximate surface area is 186 Å². The highest BCUT2D eigenvalue weighted by molar-refractivity contribution is 5.88. The summed E-state index contributed by atoms with van der Waals surface area (Å²) in [5.74, 6) is 0.171. The van der Waals surface area contributed by atoms with E-state index in [0.717, 1.165) is 53.2 Å². The third-order valence-electron chi connectivity index (χ3n) is 6.30. The van der Waals surface area contributed by atoms with E-state index in [1.54, 1.807) is 4.68 Å². The molecule has 0 spiro atoms. The van der Waals surface area contributed by atoms with Gasteiger partial charge < -0.3 is 10.6 Å². The fraction of sp³-hybridized carbons (Fsp3) is 0.333. The number of aryl methyl sites for hydroxylation is 2. The van der Waals surface area contributed by atoms with Crippen molar-refractivity contribution in [3.63, 3.8) is 0 Å². The smallest absolute Gasteiger partial charge is 0.319 e. The van der Waals surface area contributed by atoms with Crippen molar-refractivity contribution in [1.29, 1.82) is 0 Å². The highest BCUT2D eigenvalue weighted by Crippen LogP contribution is 2.33. The fourth-order valence-corrected chi connectivity index (χ4v) is 4.76. The number of nitrogen functional groups attached to an aromatic ring is 1. The van der Waals surface area contributed by atoms with Crippen LogP contribution in [0.4, 0.5) is 5.95 Å². The number of hydrogen-bond acceptors (Lipinski definition) is 5. The molecular formula is C24H28N7O+. The van der Waals surface area contributed by atoms with Crippen LogP contribution in [0.25, 0.3) is 28.0 Å². The maximum atomic E-state index is 13.4. The van der Waals surface area contributed by atoms with E-state index in [1.165, 1.54) is 4.40 Å². The van der Waals surface area contributed by atoms with Gasteiger partial charge in [0.1, 0.15) is 5.69 Å². The molecular weight excluding hydrogens is 402 g/mol. The van der Waals surface area contributed by atoms with Crippen molar-refractivity contribution in [2.75, 3.05) is 19.3 Å². The Balaban J connectivity index is 1.80. The number of nitrogens with one attached hydrogen (secondary N) is 1. The van der Waals surface area contributed by atoms with Gasteiger partial charge in [0.2, 0.25) is 5.65 Å². The number of benzene rings is 1. The summed E-state index contributed by atoms with van der Waals surface area (Å²) in [6.07, 6.45) is 2.22. The van der Waals surface area contributed by atoms with E-state index in [2.05, 4.69) is 22.0 Å². The van der Waals surface area contributed by atoms with Crippen LogP contribution in [0.1, 0.15) is 24.2 Å². The lowest BCUT2D eigenvalue weighted by Gasteiger charge is -2.17. The Morgan fingerprint density at radius 2 is 1.84 bits per heavy atom. The van der Waals surface area contributed by atoms with Gasteiger partial charge in [0.15, 0.2) is 0 Å². The van der Waals surface area contributed by atoms with E-state index in [0.29, 0.717) is 18.2 Å². The second-order valence-corrected chi connectivity index (χ2v) is 8.66. The van der Waals surface area contributed by atoms with Crippen LogP contribution in [0.15, 0.2) is 47.3 Å². The predicted molar refractivity (Wildman–Crippen MR) is 124 cm³/mol. The molecule has 8 heteroatoms. The molecule has 3 aromatic heterocycles. The SMILES string of the molecule is Cc1cc(-c2c(-c3ccccc3)nc(N)[n+]3c(=O)n(C[C@H]4CCCN4C)[nH]c23)cc(C)n1. The molecule has 1 aliphatic heterocycles. The highest BCUT2D eigenvalue weighted by Gasteiger charge is 2.29. The zero-order chi connectivity index (χ0) is 22.4. The molecule has 0 bridgehead atoms. The Kier molecular flexibility index (Phi) is 5.01. The molecule has 0 radical (unpaired) electrons. The topological polar surface area (TPSA) is 96.9 Å². The minimum atomic E-state index is -0.200. The number of hydrogen-bond donors (Lipinski definition) is 2. The number of fused-ring (bicyclic) bond motifs is 1. The molecule has 3 N–H and O–H groups in total. The molecule has 1 fully saturated rings. The molecule has 1 aromatic carbocycles. The van der Waals surface area contributed by atoms with Crippen molar-refractivity contribution in [2.24, 2.45) is 0 Å². The van der Waals surface area contributed by atoms with Gasteiger partial charge in [-0.05, 0) is 58.0 Å². The number of nitrogens with zero attached hydrogens (tertiary/aromatic N) is 5. The lowest BCUT2D eigenvalue weighted by molar-refractivity contribution is -0.516. The quantitative estimate of drug-likeness (QED) is 0.485. The van der Waals surface area contributed by atoms with Gasteiger partial charge >= 0.3 is 11.6 Å². The third-order valence-corrected chi connectivity index (χ3v) is 6.30. The molecule has 1 atom stereocenters. The van der Waals surface area contributed by atoms with Crippen LogP contribution < -0.4 is 15.8 Å². The maximum absolute atomic E-state index is 13.4. The van der Waals surface area contributed by atoms with Crippen LogP contribution in [0.5, 0.6) is 0 Å². The Hall–Kier alpha value is -3.52. The molecule has 5 rings (SSSR count). The lowest BCUT2D eigenvalue weighted by atomic mass is 9.99. The zero-order valence-electron chi connectivity index (χ0n) is 18.7. The van der Waals surface area contributed by atoms with Gasteiger partial charge in [-0.25, -0.2) is 9.89 Å². The summed E-state index contributed by atoms with van der Waals surface area (Å²) in [5, 5.41) is 3.37. The average molecular weight is 431 g/mol. The minimum Gasteiger partial charge on any atom is -0.319 e. The number of nitrogens with two attached hydrogens (primary N) is 1. The zero-order valence-corrected chi connectivity index (χ0v) is 18.7. The maximum Gasteiger partial charge on any atom is 0.428 e. The molecule has 4 heterocycles. The normalized spacial score (nSPS) is 16.8. The first-order chi connectivity index (χ1) is 15.4. The van der Waals surface area contributed by atoms with E-state index in [1.807, 2.05) is 56.3 Å². The molecule has 0 aliphatic carbocycles. The number of anilines is 1. The van der Waals surface area contributed by atoms with Crippen LogP contribution in [0.2, 0.25) is 0 Å². The van der Waals surface area contributed by atoms with Crippen LogP contribution >= 0.6 is 0 Å². The van der Waals surface area contributed by atoms with Crippen molar-refractivity contribution in [3.05, 3.63) is 64.3 Å². The monoisotopic (exact) mass is 430 g/mol. The second-order valence-electron chi connectivity index (χ2n) is 8.66. The van der Waals surface area contributed by atoms with Gasteiger partial charge in [0, 0.05) is 23.0 Å². The Morgan fingerprint density at radius 3 is 2.50 bits per heavy atom. The van der Waals surface area contributed by atoms with Gasteiger partial charge in [-0.2, -0.15) is 4.68 Å². The molecule has 1 saturated heterocycles. The number of H-pyrrole nitrogens is 1. The van der Waals surface area contributed by atoms with Crippen molar-refractivity contribution in [2.45, 2.75) is 39.3 Å². The van der Waals surface area contributed by atoms with E-state index in [9.17, 15) is 4.79 Å². The standard InChI is InChI=1S/C24H27N7O/c1-15-12-18(13-16(2)26-15)20-21(17-8-5-4-6-9-17)27-23(25)31-22(20)28-30(24(31)32)14-19-10-7-11-29(19)3/h4-6,8-9,12-13,19H,7,10-11,14H2,1-3H3,(H2,25,26,27,28)/p+1/t19-/m1/s1. The Morgan fingerprint density at radius 1 is 1.12 bits per heavy atom. The van der Waals surface area contributed by atoms with Gasteiger partial charge in [-0.3, -0.25) is 4.98 Å². The number of rotatable bonds is 4. The number of aromatic amines is 1. The van der Waals surface area contributed by atoms with E-state index in [-0.39, 0.29) is 11.6 Å². The van der Waals surface area contributed by atoms with Crippen LogP contribution in [0.3, 0.4) is 0 Å². The van der Waals surface area contributed by atoms with Crippen molar-refractivity contribution >= 4 is 11.6 Å². The molecule has 0 amide bonds. The number of aromatic nitrogens is 5. The van der Waals surface area contributed by atoms with Gasteiger partial charge in [0.05, 0.1) is 12.1 Å². The predicted octanol–water partition coefficient (Wildman–Crippen LogP) is 2.33. The highest BCUT2D eigenvalue weighted by atomic mass is 16.2. The van der Waals surface area contributed by atoms with Crippen LogP contribution in [-0.4, -0.2) is 44.3 Å². The number of likely N-dealkylation sites (N-methyl/N-ethyl adjacent to an activating group) is 1. The van der Waals surface area contributed by atoms with Gasteiger partial charge in [0.25, 0.3) is 0 Å². The minimum absolute atomic E-state index is 0.171. The first kappa shape index (κ1) is 20.4. The summed E-state index contributed by atoms with van der Waals surface area (Å²) in [4.78, 5) is 24.9. The fourth-order valence-electron chi connectivity index (χ4n) is 4.76. The molecule has 32 heavy (non-hydrogen) atoms. The molecule has 4 aromatic rings. The summed E-state index contributed by atoms with van der Waals surface area (Å²) >= 11 is 0. The average Bonchev–Trinajstić information content (AvgIpc) is 3.31. The summed E-state index contributed by atoms with van der Waals surface area (Å²) in [6.45, 7) is 5.58. The first-order valence-electron chi connectivity index (χ1n) is 11.0. The largest absolute Gasteiger partial charge is 0.428 e. The van der Waals surface area contributed by atoms with E-state index >= 15 is 0 Å². The van der Waals surface area contributed by atoms with Crippen LogP contribution in [-0.2, 0) is 6.54 Å². The molecule has 164 valence electrons. The summed E-state index contributed by atoms with van der Waals surface area (Å²) < 4.78 is 3.15. The molecule has 1 aliphatic rings.